The third kappa shape index (κ3) is 3.80. The van der Waals surface area contributed by atoms with Gasteiger partial charge >= 0.3 is 0 Å². The molecule has 0 spiro atoms. The Bertz CT molecular complexity index is 915. The van der Waals surface area contributed by atoms with Gasteiger partial charge in [-0.05, 0) is 49.0 Å². The van der Waals surface area contributed by atoms with Crippen molar-refractivity contribution in [1.82, 2.24) is 14.9 Å². The molecule has 0 unspecified atom stereocenters. The van der Waals surface area contributed by atoms with Gasteiger partial charge in [0, 0.05) is 10.0 Å². The summed E-state index contributed by atoms with van der Waals surface area (Å²) in [6.07, 6.45) is 1.74. The average molecular weight is 403 g/mol. The maximum atomic E-state index is 5.54. The molecule has 1 aromatic heterocycles. The molecule has 0 aliphatic heterocycles. The van der Waals surface area contributed by atoms with Crippen molar-refractivity contribution in [3.8, 4) is 17.1 Å². The summed E-state index contributed by atoms with van der Waals surface area (Å²) < 4.78 is 8.59. The lowest BCUT2D eigenvalue weighted by Gasteiger charge is -2.05. The molecule has 0 fully saturated rings. The largest absolute Gasteiger partial charge is 0.494 e. The van der Waals surface area contributed by atoms with Crippen molar-refractivity contribution in [3.63, 3.8) is 0 Å². The second kappa shape index (κ2) is 7.55. The Morgan fingerprint density at radius 3 is 2.83 bits per heavy atom. The highest BCUT2D eigenvalue weighted by Gasteiger charge is 2.09. The second-order valence-corrected chi connectivity index (χ2v) is 6.22. The van der Waals surface area contributed by atoms with E-state index in [4.69, 9.17) is 17.0 Å². The summed E-state index contributed by atoms with van der Waals surface area (Å²) in [7, 11) is 0. The van der Waals surface area contributed by atoms with Crippen LogP contribution in [-0.4, -0.2) is 27.7 Å². The zero-order valence-electron chi connectivity index (χ0n) is 12.9. The molecule has 0 saturated heterocycles. The number of aromatic nitrogens is 3. The van der Waals surface area contributed by atoms with E-state index in [0.29, 0.717) is 17.2 Å². The van der Waals surface area contributed by atoms with Crippen molar-refractivity contribution < 1.29 is 4.74 Å². The fraction of sp³-hybridized carbons (Fsp3) is 0.118. The summed E-state index contributed by atoms with van der Waals surface area (Å²) in [4.78, 5) is 0. The van der Waals surface area contributed by atoms with Gasteiger partial charge in [-0.25, -0.2) is 5.10 Å². The summed E-state index contributed by atoms with van der Waals surface area (Å²) in [5, 5.41) is 11.5. The first-order valence-electron chi connectivity index (χ1n) is 7.38. The van der Waals surface area contributed by atoms with Gasteiger partial charge in [0.25, 0.3) is 0 Å². The quantitative estimate of drug-likeness (QED) is 0.498. The van der Waals surface area contributed by atoms with Gasteiger partial charge in [-0.15, -0.1) is 0 Å². The highest BCUT2D eigenvalue weighted by molar-refractivity contribution is 9.10. The van der Waals surface area contributed by atoms with Crippen molar-refractivity contribution in [1.29, 1.82) is 0 Å². The van der Waals surface area contributed by atoms with Crippen LogP contribution in [0.15, 0.2) is 58.1 Å². The van der Waals surface area contributed by atoms with Crippen LogP contribution in [-0.2, 0) is 0 Å². The summed E-state index contributed by atoms with van der Waals surface area (Å²) in [5.41, 5.74) is 1.84. The lowest BCUT2D eigenvalue weighted by molar-refractivity contribution is 0.340. The first-order valence-corrected chi connectivity index (χ1v) is 8.58. The van der Waals surface area contributed by atoms with Gasteiger partial charge < -0.3 is 4.74 Å². The zero-order valence-corrected chi connectivity index (χ0v) is 15.3. The van der Waals surface area contributed by atoms with Crippen LogP contribution in [0.1, 0.15) is 12.5 Å². The fourth-order valence-corrected chi connectivity index (χ4v) is 2.59. The molecule has 1 N–H and O–H groups in total. The molecule has 5 nitrogen and oxygen atoms in total. The Hall–Kier alpha value is -2.25. The molecule has 3 rings (SSSR count). The van der Waals surface area contributed by atoms with Crippen molar-refractivity contribution in [2.75, 3.05) is 6.61 Å². The number of nitrogens with one attached hydrogen (secondary N) is 1. The summed E-state index contributed by atoms with van der Waals surface area (Å²) >= 11 is 8.70. The van der Waals surface area contributed by atoms with Crippen molar-refractivity contribution in [3.05, 3.63) is 63.3 Å². The van der Waals surface area contributed by atoms with Crippen molar-refractivity contribution in [2.24, 2.45) is 5.10 Å². The van der Waals surface area contributed by atoms with Crippen LogP contribution in [0.4, 0.5) is 0 Å². The van der Waals surface area contributed by atoms with Crippen LogP contribution in [0, 0.1) is 4.77 Å². The van der Waals surface area contributed by atoms with Crippen LogP contribution < -0.4 is 4.74 Å². The molecular formula is C17H15BrN4OS. The topological polar surface area (TPSA) is 55.2 Å². The summed E-state index contributed by atoms with van der Waals surface area (Å²) in [6.45, 7) is 2.56. The van der Waals surface area contributed by atoms with Crippen molar-refractivity contribution >= 4 is 34.4 Å². The minimum atomic E-state index is 0.431. The van der Waals surface area contributed by atoms with Gasteiger partial charge in [0.05, 0.1) is 12.8 Å². The Morgan fingerprint density at radius 2 is 2.08 bits per heavy atom. The molecule has 2 aromatic carbocycles. The molecule has 24 heavy (non-hydrogen) atoms. The van der Waals surface area contributed by atoms with E-state index >= 15 is 0 Å². The standard InChI is InChI=1S/C17H15BrN4OS/c1-2-23-15-5-3-4-13(10-15)16-20-21-17(24)22(16)19-11-12-6-8-14(18)9-7-12/h3-11H,2H2,1H3,(H,21,24)/b19-11+. The van der Waals surface area contributed by atoms with Crippen LogP contribution in [0.3, 0.4) is 0 Å². The first-order chi connectivity index (χ1) is 11.7. The molecule has 0 saturated carbocycles. The number of halogens is 1. The minimum absolute atomic E-state index is 0.431. The fourth-order valence-electron chi connectivity index (χ4n) is 2.15. The van der Waals surface area contributed by atoms with E-state index < -0.39 is 0 Å². The number of benzene rings is 2. The molecule has 0 radical (unpaired) electrons. The van der Waals surface area contributed by atoms with Gasteiger partial charge in [0.15, 0.2) is 5.82 Å². The van der Waals surface area contributed by atoms with E-state index in [-0.39, 0.29) is 0 Å². The molecule has 122 valence electrons. The van der Waals surface area contributed by atoms with E-state index in [1.54, 1.807) is 10.9 Å². The molecule has 1 heterocycles. The number of aromatic amines is 1. The van der Waals surface area contributed by atoms with Gasteiger partial charge in [-0.1, -0.05) is 40.2 Å². The normalized spacial score (nSPS) is 11.1. The molecule has 3 aromatic rings. The number of hydrogen-bond donors (Lipinski definition) is 1. The number of hydrogen-bond acceptors (Lipinski definition) is 4. The SMILES string of the molecule is CCOc1cccc(-c2n[nH]c(=S)n2/N=C/c2ccc(Br)cc2)c1. The van der Waals surface area contributed by atoms with Gasteiger partial charge in [-0.2, -0.15) is 14.9 Å². The van der Waals surface area contributed by atoms with E-state index in [0.717, 1.165) is 21.3 Å². The predicted octanol–water partition coefficient (Wildman–Crippen LogP) is 4.65. The van der Waals surface area contributed by atoms with Crippen LogP contribution >= 0.6 is 28.1 Å². The Labute approximate surface area is 153 Å². The first kappa shape index (κ1) is 16.6. The van der Waals surface area contributed by atoms with E-state index in [1.165, 1.54) is 0 Å². The molecule has 7 heteroatoms. The lowest BCUT2D eigenvalue weighted by atomic mass is 10.2. The lowest BCUT2D eigenvalue weighted by Crippen LogP contribution is -1.96. The maximum absolute atomic E-state index is 5.54. The van der Waals surface area contributed by atoms with Crippen LogP contribution in [0.2, 0.25) is 0 Å². The van der Waals surface area contributed by atoms with Gasteiger partial charge in [0.1, 0.15) is 5.75 Å². The molecule has 0 amide bonds. The Balaban J connectivity index is 1.95. The molecule has 0 bridgehead atoms. The number of H-pyrrole nitrogens is 1. The van der Waals surface area contributed by atoms with E-state index in [1.807, 2.05) is 55.5 Å². The van der Waals surface area contributed by atoms with Crippen LogP contribution in [0.25, 0.3) is 11.4 Å². The molecule has 0 aliphatic rings. The van der Waals surface area contributed by atoms with E-state index in [9.17, 15) is 0 Å². The minimum Gasteiger partial charge on any atom is -0.494 e. The second-order valence-electron chi connectivity index (χ2n) is 4.92. The predicted molar refractivity (Wildman–Crippen MR) is 101 cm³/mol. The average Bonchev–Trinajstić information content (AvgIpc) is 2.96. The monoisotopic (exact) mass is 402 g/mol. The van der Waals surface area contributed by atoms with E-state index in [2.05, 4.69) is 31.2 Å². The molecule has 0 aliphatic carbocycles. The highest BCUT2D eigenvalue weighted by atomic mass is 79.9. The summed E-state index contributed by atoms with van der Waals surface area (Å²) in [6, 6.07) is 15.5. The van der Waals surface area contributed by atoms with Gasteiger partial charge in [0.2, 0.25) is 4.77 Å². The van der Waals surface area contributed by atoms with Crippen LogP contribution in [0.5, 0.6) is 5.75 Å². The molecule has 0 atom stereocenters. The zero-order chi connectivity index (χ0) is 16.9. The smallest absolute Gasteiger partial charge is 0.216 e. The third-order valence-corrected chi connectivity index (χ3v) is 4.04. The molecular weight excluding hydrogens is 388 g/mol. The Morgan fingerprint density at radius 1 is 1.29 bits per heavy atom. The third-order valence-electron chi connectivity index (χ3n) is 3.25. The summed E-state index contributed by atoms with van der Waals surface area (Å²) in [5.74, 6) is 1.42. The number of ether oxygens (including phenoxy) is 1. The Kier molecular flexibility index (Phi) is 5.22. The maximum Gasteiger partial charge on any atom is 0.216 e. The number of nitrogens with zero attached hydrogens (tertiary/aromatic N) is 3. The number of rotatable bonds is 5. The highest BCUT2D eigenvalue weighted by Crippen LogP contribution is 2.22. The van der Waals surface area contributed by atoms with Crippen molar-refractivity contribution in [2.45, 2.75) is 6.92 Å². The van der Waals surface area contributed by atoms with Gasteiger partial charge in [-0.3, -0.25) is 0 Å².